The number of para-hydroxylation sites is 1. The summed E-state index contributed by atoms with van der Waals surface area (Å²) in [6.07, 6.45) is 1.61. The van der Waals surface area contributed by atoms with Gasteiger partial charge in [0.25, 0.3) is 0 Å². The molecule has 2 aromatic rings. The zero-order valence-corrected chi connectivity index (χ0v) is 12.0. The van der Waals surface area contributed by atoms with E-state index >= 15 is 0 Å². The normalized spacial score (nSPS) is 17.6. The molecule has 1 aromatic heterocycles. The zero-order valence-electron chi connectivity index (χ0n) is 12.0. The van der Waals surface area contributed by atoms with Gasteiger partial charge in [0.05, 0.1) is 18.1 Å². The van der Waals surface area contributed by atoms with Crippen LogP contribution in [0.3, 0.4) is 0 Å². The summed E-state index contributed by atoms with van der Waals surface area (Å²) in [6.45, 7) is 1.82. The standard InChI is InChI=1S/C15H19N3O3/c1-19-12-5-3-2-4-11(12)13-17-14(21-18-13)15(10-16)6-8-20-9-7-15/h2-5H,6-10,16H2,1H3. The van der Waals surface area contributed by atoms with Gasteiger partial charge in [-0.05, 0) is 25.0 Å². The molecule has 0 spiro atoms. The number of aromatic nitrogens is 2. The Morgan fingerprint density at radius 1 is 1.29 bits per heavy atom. The average molecular weight is 289 g/mol. The number of hydrogen-bond donors (Lipinski definition) is 1. The summed E-state index contributed by atoms with van der Waals surface area (Å²) < 4.78 is 16.3. The minimum Gasteiger partial charge on any atom is -0.496 e. The highest BCUT2D eigenvalue weighted by molar-refractivity contribution is 5.63. The molecule has 1 saturated heterocycles. The Bertz CT molecular complexity index is 606. The lowest BCUT2D eigenvalue weighted by Gasteiger charge is -2.32. The quantitative estimate of drug-likeness (QED) is 0.923. The van der Waals surface area contributed by atoms with Crippen LogP contribution < -0.4 is 10.5 Å². The molecular weight excluding hydrogens is 270 g/mol. The third kappa shape index (κ3) is 2.52. The maximum atomic E-state index is 5.97. The number of rotatable bonds is 4. The molecule has 0 atom stereocenters. The first-order valence-electron chi connectivity index (χ1n) is 7.04. The Hall–Kier alpha value is -1.92. The number of ether oxygens (including phenoxy) is 2. The average Bonchev–Trinajstić information content (AvgIpc) is 3.06. The van der Waals surface area contributed by atoms with Gasteiger partial charge >= 0.3 is 0 Å². The van der Waals surface area contributed by atoms with Crippen LogP contribution in [0.4, 0.5) is 0 Å². The van der Waals surface area contributed by atoms with E-state index < -0.39 is 0 Å². The van der Waals surface area contributed by atoms with Crippen LogP contribution in [0.5, 0.6) is 5.75 Å². The van der Waals surface area contributed by atoms with Gasteiger partial charge in [0.1, 0.15) is 5.75 Å². The first-order valence-corrected chi connectivity index (χ1v) is 7.04. The molecule has 0 unspecified atom stereocenters. The van der Waals surface area contributed by atoms with Crippen LogP contribution in [0.1, 0.15) is 18.7 Å². The summed E-state index contributed by atoms with van der Waals surface area (Å²) in [5.74, 6) is 1.84. The van der Waals surface area contributed by atoms with Crippen molar-refractivity contribution in [2.24, 2.45) is 5.73 Å². The summed E-state index contributed by atoms with van der Waals surface area (Å²) in [7, 11) is 1.62. The molecule has 3 rings (SSSR count). The Balaban J connectivity index is 1.96. The molecule has 0 saturated carbocycles. The topological polar surface area (TPSA) is 83.4 Å². The van der Waals surface area contributed by atoms with Crippen molar-refractivity contribution in [3.63, 3.8) is 0 Å². The van der Waals surface area contributed by atoms with Gasteiger partial charge in [-0.2, -0.15) is 4.98 Å². The van der Waals surface area contributed by atoms with E-state index in [9.17, 15) is 0 Å². The fourth-order valence-corrected chi connectivity index (χ4v) is 2.65. The van der Waals surface area contributed by atoms with Crippen LogP contribution in [0, 0.1) is 0 Å². The van der Waals surface area contributed by atoms with E-state index in [2.05, 4.69) is 10.1 Å². The van der Waals surface area contributed by atoms with Crippen molar-refractivity contribution in [1.82, 2.24) is 10.1 Å². The highest BCUT2D eigenvalue weighted by Crippen LogP contribution is 2.35. The third-order valence-electron chi connectivity index (χ3n) is 4.07. The van der Waals surface area contributed by atoms with Crippen molar-refractivity contribution < 1.29 is 14.0 Å². The van der Waals surface area contributed by atoms with Gasteiger partial charge in [0.2, 0.25) is 11.7 Å². The first kappa shape index (κ1) is 14.0. The van der Waals surface area contributed by atoms with Crippen molar-refractivity contribution in [3.8, 4) is 17.1 Å². The van der Waals surface area contributed by atoms with Gasteiger partial charge < -0.3 is 19.7 Å². The van der Waals surface area contributed by atoms with E-state index in [1.807, 2.05) is 24.3 Å². The summed E-state index contributed by atoms with van der Waals surface area (Å²) in [4.78, 5) is 4.56. The van der Waals surface area contributed by atoms with E-state index in [0.29, 0.717) is 31.5 Å². The highest BCUT2D eigenvalue weighted by atomic mass is 16.5. The maximum absolute atomic E-state index is 5.97. The van der Waals surface area contributed by atoms with Crippen LogP contribution in [-0.2, 0) is 10.2 Å². The molecular formula is C15H19N3O3. The zero-order chi connectivity index (χ0) is 14.7. The minimum atomic E-state index is -0.272. The Morgan fingerprint density at radius 3 is 2.76 bits per heavy atom. The summed E-state index contributed by atoms with van der Waals surface area (Å²) >= 11 is 0. The molecule has 2 N–H and O–H groups in total. The first-order chi connectivity index (χ1) is 10.3. The number of methoxy groups -OCH3 is 1. The van der Waals surface area contributed by atoms with Crippen molar-refractivity contribution in [2.75, 3.05) is 26.9 Å². The lowest BCUT2D eigenvalue weighted by atomic mass is 9.80. The van der Waals surface area contributed by atoms with Crippen LogP contribution in [-0.4, -0.2) is 37.0 Å². The van der Waals surface area contributed by atoms with Gasteiger partial charge in [-0.15, -0.1) is 0 Å². The molecule has 0 amide bonds. The molecule has 0 aliphatic carbocycles. The molecule has 1 aromatic carbocycles. The van der Waals surface area contributed by atoms with Crippen molar-refractivity contribution >= 4 is 0 Å². The van der Waals surface area contributed by atoms with Gasteiger partial charge in [-0.3, -0.25) is 0 Å². The fourth-order valence-electron chi connectivity index (χ4n) is 2.65. The monoisotopic (exact) mass is 289 g/mol. The van der Waals surface area contributed by atoms with Crippen molar-refractivity contribution in [2.45, 2.75) is 18.3 Å². The SMILES string of the molecule is COc1ccccc1-c1noc(C2(CN)CCOCC2)n1. The van der Waals surface area contributed by atoms with Crippen molar-refractivity contribution in [3.05, 3.63) is 30.2 Å². The van der Waals surface area contributed by atoms with E-state index in [0.717, 1.165) is 24.2 Å². The number of nitrogens with two attached hydrogens (primary N) is 1. The van der Waals surface area contributed by atoms with E-state index in [4.69, 9.17) is 19.7 Å². The number of nitrogens with zero attached hydrogens (tertiary/aromatic N) is 2. The predicted octanol–water partition coefficient (Wildman–Crippen LogP) is 1.75. The summed E-state index contributed by atoms with van der Waals surface area (Å²) in [5.41, 5.74) is 6.51. The molecule has 6 heteroatoms. The largest absolute Gasteiger partial charge is 0.496 e. The van der Waals surface area contributed by atoms with Crippen LogP contribution in [0.15, 0.2) is 28.8 Å². The van der Waals surface area contributed by atoms with E-state index in [1.165, 1.54) is 0 Å². The van der Waals surface area contributed by atoms with Crippen LogP contribution >= 0.6 is 0 Å². The molecule has 0 radical (unpaired) electrons. The van der Waals surface area contributed by atoms with Crippen molar-refractivity contribution in [1.29, 1.82) is 0 Å². The second kappa shape index (κ2) is 5.83. The summed E-state index contributed by atoms with van der Waals surface area (Å²) in [5, 5.41) is 4.10. The van der Waals surface area contributed by atoms with E-state index in [1.54, 1.807) is 7.11 Å². The third-order valence-corrected chi connectivity index (χ3v) is 4.07. The number of benzene rings is 1. The van der Waals surface area contributed by atoms with Crippen LogP contribution in [0.25, 0.3) is 11.4 Å². The Labute approximate surface area is 123 Å². The Morgan fingerprint density at radius 2 is 2.05 bits per heavy atom. The molecule has 0 bridgehead atoms. The lowest BCUT2D eigenvalue weighted by Crippen LogP contribution is -2.40. The van der Waals surface area contributed by atoms with Gasteiger partial charge in [0.15, 0.2) is 0 Å². The fraction of sp³-hybridized carbons (Fsp3) is 0.467. The number of hydrogen-bond acceptors (Lipinski definition) is 6. The Kier molecular flexibility index (Phi) is 3.90. The predicted molar refractivity (Wildman–Crippen MR) is 77.1 cm³/mol. The highest BCUT2D eigenvalue weighted by Gasteiger charge is 2.38. The smallest absolute Gasteiger partial charge is 0.234 e. The molecule has 21 heavy (non-hydrogen) atoms. The second-order valence-corrected chi connectivity index (χ2v) is 5.22. The molecule has 112 valence electrons. The lowest BCUT2D eigenvalue weighted by molar-refractivity contribution is 0.0409. The van der Waals surface area contributed by atoms with E-state index in [-0.39, 0.29) is 5.41 Å². The minimum absolute atomic E-state index is 0.272. The molecule has 1 aliphatic rings. The summed E-state index contributed by atoms with van der Waals surface area (Å²) in [6, 6.07) is 7.61. The van der Waals surface area contributed by atoms with Crippen LogP contribution in [0.2, 0.25) is 0 Å². The second-order valence-electron chi connectivity index (χ2n) is 5.22. The molecule has 1 fully saturated rings. The molecule has 2 heterocycles. The van der Waals surface area contributed by atoms with Gasteiger partial charge in [-0.1, -0.05) is 17.3 Å². The van der Waals surface area contributed by atoms with Gasteiger partial charge in [0, 0.05) is 19.8 Å². The maximum Gasteiger partial charge on any atom is 0.234 e. The molecule has 1 aliphatic heterocycles. The van der Waals surface area contributed by atoms with Gasteiger partial charge in [-0.25, -0.2) is 0 Å². The molecule has 6 nitrogen and oxygen atoms in total.